The highest BCUT2D eigenvalue weighted by Gasteiger charge is 2.53. The predicted octanol–water partition coefficient (Wildman–Crippen LogP) is 2.60. The van der Waals surface area contributed by atoms with Crippen molar-refractivity contribution in [2.75, 3.05) is 0 Å². The van der Waals surface area contributed by atoms with Gasteiger partial charge >= 0.3 is 7.12 Å². The van der Waals surface area contributed by atoms with E-state index in [1.165, 1.54) is 10.8 Å². The second-order valence-corrected chi connectivity index (χ2v) is 6.40. The molecule has 1 aliphatic rings. The molecule has 0 amide bonds. The van der Waals surface area contributed by atoms with Crippen LogP contribution in [0.2, 0.25) is 0 Å². The highest BCUT2D eigenvalue weighted by molar-refractivity contribution is 6.54. The second-order valence-electron chi connectivity index (χ2n) is 6.40. The lowest BCUT2D eigenvalue weighted by Gasteiger charge is -2.32. The predicted molar refractivity (Wildman–Crippen MR) is 84.3 cm³/mol. The lowest BCUT2D eigenvalue weighted by atomic mass is 9.87. The molecule has 0 bridgehead atoms. The third-order valence-corrected chi connectivity index (χ3v) is 4.17. The van der Waals surface area contributed by atoms with E-state index in [0.717, 1.165) is 0 Å². The molecule has 8 heteroatoms. The van der Waals surface area contributed by atoms with Crippen molar-refractivity contribution in [1.29, 1.82) is 0 Å². The molecule has 0 N–H and O–H groups in total. The Morgan fingerprint density at radius 1 is 1.17 bits per heavy atom. The maximum absolute atomic E-state index is 14.4. The molecule has 3 rings (SSSR count). The number of nitrogens with zero attached hydrogens (tertiary/aromatic N) is 4. The van der Waals surface area contributed by atoms with Gasteiger partial charge in [-0.05, 0) is 33.8 Å². The van der Waals surface area contributed by atoms with E-state index in [1.807, 2.05) is 27.7 Å². The first-order chi connectivity index (χ1) is 10.8. The van der Waals surface area contributed by atoms with Crippen LogP contribution in [0.25, 0.3) is 11.9 Å². The molecule has 2 aromatic heterocycles. The van der Waals surface area contributed by atoms with Crippen LogP contribution in [0.5, 0.6) is 0 Å². The van der Waals surface area contributed by atoms with Gasteiger partial charge in [0.05, 0.1) is 23.6 Å². The first-order valence-electron chi connectivity index (χ1n) is 7.32. The Kier molecular flexibility index (Phi) is 3.81. The third-order valence-electron chi connectivity index (χ3n) is 4.17. The van der Waals surface area contributed by atoms with Crippen molar-refractivity contribution in [2.45, 2.75) is 38.9 Å². The summed E-state index contributed by atoms with van der Waals surface area (Å²) in [5.74, 6) is 0.559. The quantitative estimate of drug-likeness (QED) is 0.815. The normalized spacial score (nSPS) is 20.0. The molecule has 0 aliphatic carbocycles. The molecule has 6 nitrogen and oxygen atoms in total. The van der Waals surface area contributed by atoms with E-state index in [1.54, 1.807) is 31.0 Å². The molecule has 0 saturated carbocycles. The number of aromatic nitrogens is 4. The average molecular weight is 316 g/mol. The van der Waals surface area contributed by atoms with Gasteiger partial charge in [-0.1, -0.05) is 0 Å². The fourth-order valence-corrected chi connectivity index (χ4v) is 2.13. The Hall–Kier alpha value is -2.06. The fraction of sp³-hybridized carbons (Fsp3) is 0.400. The van der Waals surface area contributed by atoms with E-state index < -0.39 is 24.0 Å². The molecule has 0 spiro atoms. The number of hydrogen-bond donors (Lipinski definition) is 0. The standard InChI is InChI=1S/C15H18BFN4O2/c1-14(2)15(3,4)23-16(22-14)12(17)7-11-8-20-21(10-11)13-9-18-5-6-19-13/h5-10H,1-4H3. The molecule has 1 aliphatic heterocycles. The van der Waals surface area contributed by atoms with Crippen molar-refractivity contribution >= 4 is 13.2 Å². The minimum Gasteiger partial charge on any atom is -0.398 e. The molecule has 0 radical (unpaired) electrons. The van der Waals surface area contributed by atoms with Crippen LogP contribution in [-0.2, 0) is 9.31 Å². The van der Waals surface area contributed by atoms with Gasteiger partial charge in [0.15, 0.2) is 5.82 Å². The maximum atomic E-state index is 14.4. The Morgan fingerprint density at radius 3 is 2.48 bits per heavy atom. The molecular formula is C15H18BFN4O2. The summed E-state index contributed by atoms with van der Waals surface area (Å²) < 4.78 is 27.3. The van der Waals surface area contributed by atoms with Crippen LogP contribution in [0.3, 0.4) is 0 Å². The highest BCUT2D eigenvalue weighted by atomic mass is 19.1. The first kappa shape index (κ1) is 15.8. The molecule has 120 valence electrons. The molecule has 1 saturated heterocycles. The van der Waals surface area contributed by atoms with Crippen LogP contribution in [0.4, 0.5) is 4.39 Å². The molecule has 1 fully saturated rings. The van der Waals surface area contributed by atoms with Crippen molar-refractivity contribution in [2.24, 2.45) is 0 Å². The zero-order valence-corrected chi connectivity index (χ0v) is 13.5. The fourth-order valence-electron chi connectivity index (χ4n) is 2.13. The van der Waals surface area contributed by atoms with Crippen molar-refractivity contribution in [3.8, 4) is 5.82 Å². The van der Waals surface area contributed by atoms with Crippen LogP contribution >= 0.6 is 0 Å². The number of hydrogen-bond acceptors (Lipinski definition) is 5. The van der Waals surface area contributed by atoms with Crippen LogP contribution in [-0.4, -0.2) is 38.1 Å². The maximum Gasteiger partial charge on any atom is 0.525 e. The minimum absolute atomic E-state index is 0.498. The summed E-state index contributed by atoms with van der Waals surface area (Å²) in [5, 5.41) is 4.14. The van der Waals surface area contributed by atoms with Crippen LogP contribution in [0.1, 0.15) is 33.3 Å². The van der Waals surface area contributed by atoms with Gasteiger partial charge in [-0.2, -0.15) is 5.10 Å². The van der Waals surface area contributed by atoms with Gasteiger partial charge in [0, 0.05) is 24.2 Å². The molecule has 3 heterocycles. The van der Waals surface area contributed by atoms with Crippen molar-refractivity contribution in [3.63, 3.8) is 0 Å². The molecular weight excluding hydrogens is 298 g/mol. The van der Waals surface area contributed by atoms with E-state index in [0.29, 0.717) is 11.4 Å². The number of rotatable bonds is 3. The van der Waals surface area contributed by atoms with E-state index in [-0.39, 0.29) is 0 Å². The van der Waals surface area contributed by atoms with E-state index in [4.69, 9.17) is 9.31 Å². The molecule has 2 aromatic rings. The second kappa shape index (κ2) is 5.54. The summed E-state index contributed by atoms with van der Waals surface area (Å²) in [6.45, 7) is 7.53. The van der Waals surface area contributed by atoms with Crippen molar-refractivity contribution in [3.05, 3.63) is 42.3 Å². The van der Waals surface area contributed by atoms with Gasteiger partial charge < -0.3 is 9.31 Å². The van der Waals surface area contributed by atoms with Gasteiger partial charge in [-0.15, -0.1) is 0 Å². The van der Waals surface area contributed by atoms with E-state index >= 15 is 0 Å². The zero-order valence-electron chi connectivity index (χ0n) is 13.5. The summed E-state index contributed by atoms with van der Waals surface area (Å²) in [6.07, 6.45) is 9.27. The lowest BCUT2D eigenvalue weighted by Crippen LogP contribution is -2.41. The SMILES string of the molecule is CC1(C)OB(C(F)=Cc2cnn(-c3cnccn3)c2)OC1(C)C. The Bertz CT molecular complexity index is 714. The van der Waals surface area contributed by atoms with Gasteiger partial charge in [-0.25, -0.2) is 14.1 Å². The van der Waals surface area contributed by atoms with E-state index in [2.05, 4.69) is 15.1 Å². The summed E-state index contributed by atoms with van der Waals surface area (Å²) in [7, 11) is -1.01. The smallest absolute Gasteiger partial charge is 0.398 e. The Morgan fingerprint density at radius 2 is 1.87 bits per heavy atom. The average Bonchev–Trinajstić information content (AvgIpc) is 3.03. The van der Waals surface area contributed by atoms with Gasteiger partial charge in [0.2, 0.25) is 0 Å². The monoisotopic (exact) mass is 316 g/mol. The van der Waals surface area contributed by atoms with Crippen LogP contribution in [0, 0.1) is 0 Å². The highest BCUT2D eigenvalue weighted by Crippen LogP contribution is 2.39. The van der Waals surface area contributed by atoms with Gasteiger partial charge in [0.25, 0.3) is 0 Å². The summed E-state index contributed by atoms with van der Waals surface area (Å²) in [6, 6.07) is 0. The number of halogens is 1. The summed E-state index contributed by atoms with van der Waals surface area (Å²) in [4.78, 5) is 8.10. The first-order valence-corrected chi connectivity index (χ1v) is 7.32. The summed E-state index contributed by atoms with van der Waals surface area (Å²) >= 11 is 0. The molecule has 0 aromatic carbocycles. The van der Waals surface area contributed by atoms with Crippen molar-refractivity contribution < 1.29 is 13.7 Å². The van der Waals surface area contributed by atoms with Gasteiger partial charge in [-0.3, -0.25) is 4.98 Å². The topological polar surface area (TPSA) is 62.1 Å². The zero-order chi connectivity index (χ0) is 16.7. The van der Waals surface area contributed by atoms with Crippen LogP contribution < -0.4 is 0 Å². The summed E-state index contributed by atoms with van der Waals surface area (Å²) in [5.41, 5.74) is -1.07. The Balaban J connectivity index is 1.79. The largest absolute Gasteiger partial charge is 0.525 e. The Labute approximate surface area is 134 Å². The minimum atomic E-state index is -1.01. The van der Waals surface area contributed by atoms with Crippen LogP contribution in [0.15, 0.2) is 36.7 Å². The van der Waals surface area contributed by atoms with E-state index in [9.17, 15) is 4.39 Å². The molecule has 0 atom stereocenters. The third kappa shape index (κ3) is 3.04. The van der Waals surface area contributed by atoms with Gasteiger partial charge in [0.1, 0.15) is 5.73 Å². The molecule has 23 heavy (non-hydrogen) atoms. The van der Waals surface area contributed by atoms with Crippen molar-refractivity contribution in [1.82, 2.24) is 19.7 Å². The molecule has 0 unspecified atom stereocenters. The lowest BCUT2D eigenvalue weighted by molar-refractivity contribution is 0.00578.